The van der Waals surface area contributed by atoms with Gasteiger partial charge >= 0.3 is 0 Å². The Morgan fingerprint density at radius 3 is 2.54 bits per heavy atom. The van der Waals surface area contributed by atoms with Gasteiger partial charge in [-0.15, -0.1) is 0 Å². The Morgan fingerprint density at radius 2 is 1.92 bits per heavy atom. The van der Waals surface area contributed by atoms with Gasteiger partial charge in [-0.05, 0) is 92.0 Å². The van der Waals surface area contributed by atoms with Crippen molar-refractivity contribution in [3.8, 4) is 0 Å². The summed E-state index contributed by atoms with van der Waals surface area (Å²) in [7, 11) is 6.08. The molecule has 0 bridgehead atoms. The number of carbonyl (C=O) groups excluding carboxylic acids is 1. The molecule has 0 saturated carbocycles. The lowest BCUT2D eigenvalue weighted by molar-refractivity contribution is 0.0951. The zero-order valence-corrected chi connectivity index (χ0v) is 23.2. The SMILES string of the molecule is CCN(c1cc2oc(CN(C)C)nc2c(C(=O)NCc2c(C)cc(C)[nH]c2=O)c1C)C1CCN(C)CC1. The Kier molecular flexibility index (Phi) is 8.04. The molecule has 0 spiro atoms. The Hall–Kier alpha value is -3.17. The second-order valence-electron chi connectivity index (χ2n) is 10.5. The molecule has 2 N–H and O–H groups in total. The van der Waals surface area contributed by atoms with Crippen LogP contribution in [0.3, 0.4) is 0 Å². The third-order valence-corrected chi connectivity index (χ3v) is 7.34. The molecule has 0 unspecified atom stereocenters. The molecule has 1 fully saturated rings. The number of nitrogens with one attached hydrogen (secondary N) is 2. The Balaban J connectivity index is 1.75. The number of aromatic amines is 1. The van der Waals surface area contributed by atoms with Gasteiger partial charge in [0.15, 0.2) is 5.58 Å². The number of likely N-dealkylation sites (tertiary alicyclic amines) is 1. The number of oxazole rings is 1. The first-order valence-corrected chi connectivity index (χ1v) is 13.1. The molecule has 9 nitrogen and oxygen atoms in total. The molecule has 0 atom stereocenters. The quantitative estimate of drug-likeness (QED) is 0.482. The molecule has 0 radical (unpaired) electrons. The first-order chi connectivity index (χ1) is 17.6. The summed E-state index contributed by atoms with van der Waals surface area (Å²) in [4.78, 5) is 40.5. The van der Waals surface area contributed by atoms with Gasteiger partial charge in [-0.2, -0.15) is 0 Å². The number of aryl methyl sites for hydroxylation is 2. The molecule has 200 valence electrons. The fourth-order valence-corrected chi connectivity index (χ4v) is 5.40. The van der Waals surface area contributed by atoms with Crippen LogP contribution in [0.5, 0.6) is 0 Å². The Morgan fingerprint density at radius 1 is 1.22 bits per heavy atom. The maximum atomic E-state index is 13.7. The Labute approximate surface area is 218 Å². The lowest BCUT2D eigenvalue weighted by atomic mass is 9.98. The van der Waals surface area contributed by atoms with Crippen molar-refractivity contribution in [3.05, 3.63) is 56.3 Å². The van der Waals surface area contributed by atoms with E-state index in [-0.39, 0.29) is 18.0 Å². The van der Waals surface area contributed by atoms with E-state index in [9.17, 15) is 9.59 Å². The zero-order valence-electron chi connectivity index (χ0n) is 23.2. The summed E-state index contributed by atoms with van der Waals surface area (Å²) >= 11 is 0. The van der Waals surface area contributed by atoms with Crippen LogP contribution in [-0.4, -0.2) is 72.5 Å². The summed E-state index contributed by atoms with van der Waals surface area (Å²) in [6.45, 7) is 11.5. The monoisotopic (exact) mass is 508 g/mol. The van der Waals surface area contributed by atoms with Gasteiger partial charge in [0.1, 0.15) is 5.52 Å². The molecule has 1 aliphatic heterocycles. The highest BCUT2D eigenvalue weighted by atomic mass is 16.3. The molecule has 1 aromatic carbocycles. The zero-order chi connectivity index (χ0) is 26.9. The molecule has 37 heavy (non-hydrogen) atoms. The van der Waals surface area contributed by atoms with Crippen molar-refractivity contribution in [1.29, 1.82) is 0 Å². The van der Waals surface area contributed by atoms with Gasteiger partial charge in [0.05, 0.1) is 12.1 Å². The number of pyridine rings is 1. The highest BCUT2D eigenvalue weighted by Crippen LogP contribution is 2.34. The second-order valence-corrected chi connectivity index (χ2v) is 10.5. The number of hydrogen-bond acceptors (Lipinski definition) is 7. The van der Waals surface area contributed by atoms with E-state index in [1.165, 1.54) is 0 Å². The van der Waals surface area contributed by atoms with E-state index >= 15 is 0 Å². The summed E-state index contributed by atoms with van der Waals surface area (Å²) in [5.41, 5.74) is 5.59. The molecule has 0 aliphatic carbocycles. The minimum Gasteiger partial charge on any atom is -0.439 e. The topological polar surface area (TPSA) is 97.7 Å². The number of benzene rings is 1. The van der Waals surface area contributed by atoms with Crippen LogP contribution in [0.1, 0.15) is 58.4 Å². The highest BCUT2D eigenvalue weighted by molar-refractivity contribution is 6.07. The van der Waals surface area contributed by atoms with Crippen LogP contribution in [0.15, 0.2) is 21.3 Å². The normalized spacial score (nSPS) is 15.0. The minimum absolute atomic E-state index is 0.139. The predicted molar refractivity (Wildman–Crippen MR) is 147 cm³/mol. The summed E-state index contributed by atoms with van der Waals surface area (Å²) < 4.78 is 6.16. The standard InChI is InChI=1S/C28H40N6O3/c1-8-34(20-9-11-33(7)12-10-20)22-14-23-26(31-24(37-23)16-32(5)6)25(19(22)4)28(36)29-15-21-17(2)13-18(3)30-27(21)35/h13-14,20H,8-12,15-16H2,1-7H3,(H,29,36)(H,30,35). The van der Waals surface area contributed by atoms with E-state index < -0.39 is 0 Å². The first kappa shape index (κ1) is 26.9. The van der Waals surface area contributed by atoms with Crippen LogP contribution in [0, 0.1) is 20.8 Å². The van der Waals surface area contributed by atoms with E-state index in [0.717, 1.165) is 55.0 Å². The fourth-order valence-electron chi connectivity index (χ4n) is 5.40. The average molecular weight is 509 g/mol. The van der Waals surface area contributed by atoms with Crippen molar-refractivity contribution in [1.82, 2.24) is 25.1 Å². The van der Waals surface area contributed by atoms with Crippen molar-refractivity contribution >= 4 is 22.7 Å². The molecule has 1 saturated heterocycles. The number of aromatic nitrogens is 2. The van der Waals surface area contributed by atoms with Crippen molar-refractivity contribution in [3.63, 3.8) is 0 Å². The molecule has 1 aliphatic rings. The van der Waals surface area contributed by atoms with Crippen molar-refractivity contribution in [2.45, 2.75) is 59.7 Å². The number of nitrogens with zero attached hydrogens (tertiary/aromatic N) is 4. The summed E-state index contributed by atoms with van der Waals surface area (Å²) in [6.07, 6.45) is 2.14. The van der Waals surface area contributed by atoms with Gasteiger partial charge in [0.25, 0.3) is 11.5 Å². The van der Waals surface area contributed by atoms with E-state index in [0.29, 0.717) is 40.7 Å². The second kappa shape index (κ2) is 11.1. The van der Waals surface area contributed by atoms with Crippen LogP contribution in [0.4, 0.5) is 5.69 Å². The van der Waals surface area contributed by atoms with E-state index in [4.69, 9.17) is 9.40 Å². The van der Waals surface area contributed by atoms with Crippen molar-refractivity contribution in [2.24, 2.45) is 0 Å². The fraction of sp³-hybridized carbons (Fsp3) is 0.536. The lowest BCUT2D eigenvalue weighted by Crippen LogP contribution is -2.44. The first-order valence-electron chi connectivity index (χ1n) is 13.1. The van der Waals surface area contributed by atoms with Crippen LogP contribution in [0.2, 0.25) is 0 Å². The van der Waals surface area contributed by atoms with Gasteiger partial charge in [-0.25, -0.2) is 4.98 Å². The minimum atomic E-state index is -0.257. The maximum Gasteiger partial charge on any atom is 0.254 e. The summed E-state index contributed by atoms with van der Waals surface area (Å²) in [6, 6.07) is 4.36. The van der Waals surface area contributed by atoms with Gasteiger partial charge in [-0.3, -0.25) is 9.59 Å². The highest BCUT2D eigenvalue weighted by Gasteiger charge is 2.28. The molecule has 4 rings (SSSR count). The number of fused-ring (bicyclic) bond motifs is 1. The third kappa shape index (κ3) is 5.72. The van der Waals surface area contributed by atoms with Crippen LogP contribution < -0.4 is 15.8 Å². The van der Waals surface area contributed by atoms with E-state index in [1.807, 2.05) is 51.9 Å². The molecule has 3 heterocycles. The molecule has 1 amide bonds. The predicted octanol–water partition coefficient (Wildman–Crippen LogP) is 3.35. The molecular weight excluding hydrogens is 468 g/mol. The Bertz CT molecular complexity index is 1330. The summed E-state index contributed by atoms with van der Waals surface area (Å²) in [5, 5.41) is 2.99. The van der Waals surface area contributed by atoms with Gasteiger partial charge < -0.3 is 29.4 Å². The third-order valence-electron chi connectivity index (χ3n) is 7.34. The largest absolute Gasteiger partial charge is 0.439 e. The number of carbonyl (C=O) groups is 1. The number of H-pyrrole nitrogens is 1. The molecule has 9 heteroatoms. The maximum absolute atomic E-state index is 13.7. The lowest BCUT2D eigenvalue weighted by Gasteiger charge is -2.39. The van der Waals surface area contributed by atoms with Crippen molar-refractivity contribution in [2.75, 3.05) is 45.7 Å². The van der Waals surface area contributed by atoms with Gasteiger partial charge in [0.2, 0.25) is 5.89 Å². The smallest absolute Gasteiger partial charge is 0.254 e. The van der Waals surface area contributed by atoms with Crippen molar-refractivity contribution < 1.29 is 9.21 Å². The van der Waals surface area contributed by atoms with Gasteiger partial charge in [0, 0.05) is 42.1 Å². The van der Waals surface area contributed by atoms with Gasteiger partial charge in [-0.1, -0.05) is 0 Å². The number of piperidine rings is 1. The number of rotatable bonds is 8. The van der Waals surface area contributed by atoms with Crippen LogP contribution in [-0.2, 0) is 13.1 Å². The molecule has 2 aromatic heterocycles. The van der Waals surface area contributed by atoms with Crippen LogP contribution in [0.25, 0.3) is 11.1 Å². The number of amides is 1. The number of anilines is 1. The molecular formula is C28H40N6O3. The summed E-state index contributed by atoms with van der Waals surface area (Å²) in [5.74, 6) is 0.312. The number of hydrogen-bond donors (Lipinski definition) is 2. The van der Waals surface area contributed by atoms with Crippen LogP contribution >= 0.6 is 0 Å². The molecule has 3 aromatic rings. The van der Waals surface area contributed by atoms with E-state index in [1.54, 1.807) is 0 Å². The average Bonchev–Trinajstić information content (AvgIpc) is 3.21. The van der Waals surface area contributed by atoms with E-state index in [2.05, 4.69) is 34.1 Å².